The van der Waals surface area contributed by atoms with Gasteiger partial charge in [0.2, 0.25) is 5.70 Å². The van der Waals surface area contributed by atoms with Gasteiger partial charge in [0, 0.05) is 12.3 Å². The van der Waals surface area contributed by atoms with Crippen LogP contribution in [0.1, 0.15) is 6.92 Å². The summed E-state index contributed by atoms with van der Waals surface area (Å²) < 4.78 is 4.78. The Balaban J connectivity index is 2.28. The number of aromatic nitrogens is 1. The predicted octanol–water partition coefficient (Wildman–Crippen LogP) is -0.0742. The highest BCUT2D eigenvalue weighted by Crippen LogP contribution is 2.19. The van der Waals surface area contributed by atoms with Crippen LogP contribution < -0.4 is 10.4 Å². The lowest BCUT2D eigenvalue weighted by Crippen LogP contribution is -3.01. The Labute approximate surface area is 92.1 Å². The number of anilines is 1. The summed E-state index contributed by atoms with van der Waals surface area (Å²) in [5.74, 6) is -0.609. The van der Waals surface area contributed by atoms with Crippen molar-refractivity contribution >= 4 is 17.3 Å². The van der Waals surface area contributed by atoms with Crippen molar-refractivity contribution in [2.75, 3.05) is 11.9 Å². The summed E-state index contributed by atoms with van der Waals surface area (Å²) in [6.07, 6.45) is 4.39. The fraction of sp³-hybridized carbons (Fsp3) is 0.200. The molecule has 16 heavy (non-hydrogen) atoms. The highest BCUT2D eigenvalue weighted by atomic mass is 16.5. The molecule has 0 amide bonds. The van der Waals surface area contributed by atoms with E-state index >= 15 is 0 Å². The van der Waals surface area contributed by atoms with Crippen LogP contribution in [0.4, 0.5) is 11.4 Å². The van der Waals surface area contributed by atoms with E-state index in [0.717, 1.165) is 0 Å². The number of hydrogen-bond acceptors (Lipinski definition) is 5. The Kier molecular flexibility index (Phi) is 2.84. The van der Waals surface area contributed by atoms with Gasteiger partial charge in [0.15, 0.2) is 5.69 Å². The molecule has 0 fully saturated rings. The maximum absolute atomic E-state index is 11.9. The summed E-state index contributed by atoms with van der Waals surface area (Å²) in [6.45, 7) is 1.93. The molecule has 0 bridgehead atoms. The maximum Gasteiger partial charge on any atom is 0.395 e. The number of hydrogen-bond donors (Lipinski definition) is 2. The van der Waals surface area contributed by atoms with E-state index in [1.807, 2.05) is 0 Å². The minimum Gasteiger partial charge on any atom is -0.623 e. The highest BCUT2D eigenvalue weighted by Gasteiger charge is 2.26. The van der Waals surface area contributed by atoms with Crippen LogP contribution in [0.25, 0.3) is 0 Å². The molecule has 2 N–H and O–H groups in total. The largest absolute Gasteiger partial charge is 0.623 e. The number of nitrogens with one attached hydrogen (secondary N) is 2. The molecular weight excluding hydrogens is 210 g/mol. The van der Waals surface area contributed by atoms with Gasteiger partial charge in [-0.15, -0.1) is 0 Å². The first-order chi connectivity index (χ1) is 7.74. The van der Waals surface area contributed by atoms with Crippen molar-refractivity contribution < 1.29 is 14.6 Å². The van der Waals surface area contributed by atoms with Gasteiger partial charge in [0.25, 0.3) is 0 Å². The van der Waals surface area contributed by atoms with Crippen molar-refractivity contribution in [3.63, 3.8) is 0 Å². The van der Waals surface area contributed by atoms with Crippen LogP contribution in [-0.4, -0.2) is 17.6 Å². The zero-order valence-electron chi connectivity index (χ0n) is 8.69. The number of quaternary nitrogens is 1. The lowest BCUT2D eigenvalue weighted by atomic mass is 10.2. The molecule has 6 nitrogen and oxygen atoms in total. The van der Waals surface area contributed by atoms with Crippen LogP contribution in [0.2, 0.25) is 0 Å². The van der Waals surface area contributed by atoms with Crippen LogP contribution in [0, 0.1) is 5.21 Å². The Morgan fingerprint density at radius 1 is 1.69 bits per heavy atom. The number of carbonyl (C=O) groups excluding carboxylic acids is 1. The van der Waals surface area contributed by atoms with Gasteiger partial charge in [-0.3, -0.25) is 10.0 Å². The second-order valence-electron chi connectivity index (χ2n) is 3.17. The summed E-state index contributed by atoms with van der Waals surface area (Å²) in [5.41, 5.74) is 1.04. The Morgan fingerprint density at radius 2 is 2.50 bits per heavy atom. The molecule has 0 aromatic carbocycles. The van der Waals surface area contributed by atoms with Crippen LogP contribution in [-0.2, 0) is 9.53 Å². The molecule has 1 aromatic heterocycles. The standard InChI is InChI=1S/C10H11N3O3/c1-2-16-10(14)9-6-12-7-5-11-4-3-8(7)13(9)15/h3-6,12-13H,2H2,1H3. The van der Waals surface area contributed by atoms with Gasteiger partial charge in [-0.25, -0.2) is 4.79 Å². The molecule has 0 spiro atoms. The van der Waals surface area contributed by atoms with Crippen molar-refractivity contribution in [2.24, 2.45) is 0 Å². The second-order valence-corrected chi connectivity index (χ2v) is 3.17. The van der Waals surface area contributed by atoms with E-state index < -0.39 is 5.97 Å². The zero-order chi connectivity index (χ0) is 11.5. The van der Waals surface area contributed by atoms with Gasteiger partial charge >= 0.3 is 5.97 Å². The van der Waals surface area contributed by atoms with Gasteiger partial charge in [0.1, 0.15) is 5.69 Å². The molecular formula is C10H11N3O3. The number of carbonyl (C=O) groups is 1. The van der Waals surface area contributed by atoms with Crippen molar-refractivity contribution in [1.29, 1.82) is 0 Å². The summed E-state index contributed by atoms with van der Waals surface area (Å²) in [7, 11) is 0. The first-order valence-electron chi connectivity index (χ1n) is 4.86. The van der Waals surface area contributed by atoms with Crippen molar-refractivity contribution in [2.45, 2.75) is 6.92 Å². The number of nitrogens with zero attached hydrogens (tertiary/aromatic N) is 1. The van der Waals surface area contributed by atoms with Crippen molar-refractivity contribution in [3.8, 4) is 0 Å². The van der Waals surface area contributed by atoms with E-state index in [9.17, 15) is 10.0 Å². The number of rotatable bonds is 2. The molecule has 1 aromatic rings. The number of pyridine rings is 1. The zero-order valence-corrected chi connectivity index (χ0v) is 8.69. The van der Waals surface area contributed by atoms with E-state index in [1.165, 1.54) is 18.6 Å². The first-order valence-corrected chi connectivity index (χ1v) is 4.86. The van der Waals surface area contributed by atoms with Crippen LogP contribution >= 0.6 is 0 Å². The molecule has 1 atom stereocenters. The molecule has 84 valence electrons. The smallest absolute Gasteiger partial charge is 0.395 e. The number of esters is 1. The highest BCUT2D eigenvalue weighted by molar-refractivity contribution is 5.88. The third-order valence-electron chi connectivity index (χ3n) is 2.18. The van der Waals surface area contributed by atoms with Gasteiger partial charge in [-0.1, -0.05) is 0 Å². The molecule has 2 heterocycles. The quantitative estimate of drug-likeness (QED) is 0.539. The van der Waals surface area contributed by atoms with E-state index in [-0.39, 0.29) is 17.4 Å². The predicted molar refractivity (Wildman–Crippen MR) is 56.6 cm³/mol. The fourth-order valence-electron chi connectivity index (χ4n) is 1.43. The molecule has 0 saturated heterocycles. The third kappa shape index (κ3) is 1.75. The molecule has 1 aliphatic rings. The van der Waals surface area contributed by atoms with Crippen LogP contribution in [0.15, 0.2) is 30.4 Å². The number of ether oxygens (including phenoxy) is 1. The summed E-state index contributed by atoms with van der Waals surface area (Å²) >= 11 is 0. The molecule has 0 aliphatic carbocycles. The maximum atomic E-state index is 11.9. The van der Waals surface area contributed by atoms with Crippen LogP contribution in [0.5, 0.6) is 0 Å². The SMILES string of the molecule is CCOC(=O)C1=CNc2cnccc2[NH+]1[O-]. The lowest BCUT2D eigenvalue weighted by molar-refractivity contribution is -0.726. The van der Waals surface area contributed by atoms with Crippen LogP contribution in [0.3, 0.4) is 0 Å². The molecule has 6 heteroatoms. The van der Waals surface area contributed by atoms with Gasteiger partial charge in [0.05, 0.1) is 19.0 Å². The van der Waals surface area contributed by atoms with Crippen molar-refractivity contribution in [1.82, 2.24) is 4.98 Å². The molecule has 0 saturated carbocycles. The van der Waals surface area contributed by atoms with E-state index in [4.69, 9.17) is 4.74 Å². The third-order valence-corrected chi connectivity index (χ3v) is 2.18. The molecule has 2 rings (SSSR count). The van der Waals surface area contributed by atoms with E-state index in [0.29, 0.717) is 11.4 Å². The first kappa shape index (κ1) is 10.6. The average molecular weight is 221 g/mol. The minimum absolute atomic E-state index is 0.0144. The summed E-state index contributed by atoms with van der Waals surface area (Å²) in [6, 6.07) is 1.57. The second kappa shape index (κ2) is 4.30. The normalized spacial score (nSPS) is 18.1. The topological polar surface area (TPSA) is 78.7 Å². The number of hydroxylamine groups is 1. The van der Waals surface area contributed by atoms with Gasteiger partial charge < -0.3 is 15.3 Å². The van der Waals surface area contributed by atoms with E-state index in [2.05, 4.69) is 10.3 Å². The minimum atomic E-state index is -0.609. The Bertz CT molecular complexity index is 445. The van der Waals surface area contributed by atoms with Crippen molar-refractivity contribution in [3.05, 3.63) is 35.6 Å². The Morgan fingerprint density at radius 3 is 3.25 bits per heavy atom. The van der Waals surface area contributed by atoms with E-state index in [1.54, 1.807) is 13.0 Å². The average Bonchev–Trinajstić information content (AvgIpc) is 2.30. The van der Waals surface area contributed by atoms with Gasteiger partial charge in [-0.2, -0.15) is 0 Å². The summed E-state index contributed by atoms with van der Waals surface area (Å²) in [5, 5.41) is 14.4. The molecule has 0 radical (unpaired) electrons. The lowest BCUT2D eigenvalue weighted by Gasteiger charge is -2.27. The monoisotopic (exact) mass is 221 g/mol. The molecule has 1 aliphatic heterocycles. The Hall–Kier alpha value is -1.92. The van der Waals surface area contributed by atoms with Gasteiger partial charge in [-0.05, 0) is 6.92 Å². The fourth-order valence-corrected chi connectivity index (χ4v) is 1.43. The summed E-state index contributed by atoms with van der Waals surface area (Å²) in [4.78, 5) is 15.3. The molecule has 1 unspecified atom stereocenters. The number of fused-ring (bicyclic) bond motifs is 1.